The van der Waals surface area contributed by atoms with E-state index in [2.05, 4.69) is 25.6 Å². The molecule has 31 heavy (non-hydrogen) atoms. The minimum absolute atomic E-state index is 0.0845. The molecule has 8 nitrogen and oxygen atoms in total. The molecule has 0 aliphatic heterocycles. The quantitative estimate of drug-likeness (QED) is 0.497. The Morgan fingerprint density at radius 3 is 2.29 bits per heavy atom. The second kappa shape index (κ2) is 8.03. The molecule has 0 unspecified atom stereocenters. The Balaban J connectivity index is 1.27. The van der Waals surface area contributed by atoms with Gasteiger partial charge < -0.3 is 10.6 Å². The standard InChI is InChI=1S/C22H22ClN7O/c1-29-17-4-2-3-5-18(17)30(22(29)31)16-8-9-20(25-11-16)27-14-6-7-15(10-14)28-21-13-24-19(23)12-26-21/h2-5,8-9,11-15H,6-7,10H2,1H3,(H,25,27)(H,26,28)/t14-,15-/m0/s1. The Kier molecular flexibility index (Phi) is 5.07. The number of fused-ring (bicyclic) bond motifs is 1. The molecule has 1 aliphatic rings. The molecule has 1 fully saturated rings. The topological polar surface area (TPSA) is 89.7 Å². The molecule has 3 aromatic heterocycles. The predicted molar refractivity (Wildman–Crippen MR) is 122 cm³/mol. The highest BCUT2D eigenvalue weighted by Gasteiger charge is 2.25. The van der Waals surface area contributed by atoms with E-state index in [4.69, 9.17) is 11.6 Å². The highest BCUT2D eigenvalue weighted by molar-refractivity contribution is 6.29. The van der Waals surface area contributed by atoms with Crippen LogP contribution < -0.4 is 16.3 Å². The summed E-state index contributed by atoms with van der Waals surface area (Å²) in [5.74, 6) is 1.53. The largest absolute Gasteiger partial charge is 0.367 e. The average Bonchev–Trinajstić information content (AvgIpc) is 3.33. The molecule has 158 valence electrons. The van der Waals surface area contributed by atoms with E-state index in [1.807, 2.05) is 36.4 Å². The van der Waals surface area contributed by atoms with Gasteiger partial charge >= 0.3 is 5.69 Å². The zero-order chi connectivity index (χ0) is 21.4. The molecular formula is C22H22ClN7O. The van der Waals surface area contributed by atoms with Crippen molar-refractivity contribution in [1.29, 1.82) is 0 Å². The second-order valence-corrected chi connectivity index (χ2v) is 8.17. The number of nitrogens with zero attached hydrogens (tertiary/aromatic N) is 5. The van der Waals surface area contributed by atoms with Crippen molar-refractivity contribution in [1.82, 2.24) is 24.1 Å². The lowest BCUT2D eigenvalue weighted by atomic mass is 10.2. The van der Waals surface area contributed by atoms with Crippen LogP contribution in [0.15, 0.2) is 59.8 Å². The summed E-state index contributed by atoms with van der Waals surface area (Å²) in [7, 11) is 1.78. The summed E-state index contributed by atoms with van der Waals surface area (Å²) in [6.45, 7) is 0. The first kappa shape index (κ1) is 19.6. The Morgan fingerprint density at radius 1 is 0.903 bits per heavy atom. The SMILES string of the molecule is Cn1c(=O)n(-c2ccc(N[C@H]3CC[C@H](Nc4cnc(Cl)cn4)C3)nc2)c2ccccc21. The lowest BCUT2D eigenvalue weighted by molar-refractivity contribution is 0.719. The van der Waals surface area contributed by atoms with Crippen LogP contribution in [0.3, 0.4) is 0 Å². The molecule has 1 aliphatic carbocycles. The van der Waals surface area contributed by atoms with Crippen molar-refractivity contribution in [2.45, 2.75) is 31.3 Å². The van der Waals surface area contributed by atoms with Crippen LogP contribution in [0.1, 0.15) is 19.3 Å². The van der Waals surface area contributed by atoms with Gasteiger partial charge in [-0.1, -0.05) is 23.7 Å². The lowest BCUT2D eigenvalue weighted by Gasteiger charge is -2.15. The minimum atomic E-state index is -0.0845. The van der Waals surface area contributed by atoms with Crippen molar-refractivity contribution in [3.63, 3.8) is 0 Å². The van der Waals surface area contributed by atoms with Gasteiger partial charge in [-0.15, -0.1) is 0 Å². The molecule has 0 radical (unpaired) electrons. The fourth-order valence-corrected chi connectivity index (χ4v) is 4.29. The van der Waals surface area contributed by atoms with E-state index in [9.17, 15) is 4.79 Å². The molecule has 9 heteroatoms. The summed E-state index contributed by atoms with van der Waals surface area (Å²) in [6, 6.07) is 12.2. The number of aromatic nitrogens is 5. The molecule has 2 N–H and O–H groups in total. The molecule has 1 saturated carbocycles. The van der Waals surface area contributed by atoms with E-state index in [0.717, 1.165) is 47.6 Å². The number of imidazole rings is 1. The molecule has 3 heterocycles. The van der Waals surface area contributed by atoms with E-state index < -0.39 is 0 Å². The highest BCUT2D eigenvalue weighted by Crippen LogP contribution is 2.25. The average molecular weight is 436 g/mol. The van der Waals surface area contributed by atoms with Gasteiger partial charge in [-0.25, -0.2) is 19.7 Å². The Bertz CT molecular complexity index is 1260. The highest BCUT2D eigenvalue weighted by atomic mass is 35.5. The van der Waals surface area contributed by atoms with Crippen LogP contribution in [0.2, 0.25) is 5.15 Å². The first-order chi connectivity index (χ1) is 15.1. The number of rotatable bonds is 5. The normalized spacial score (nSPS) is 18.4. The number of pyridine rings is 1. The number of hydrogen-bond donors (Lipinski definition) is 2. The van der Waals surface area contributed by atoms with Gasteiger partial charge in [-0.2, -0.15) is 0 Å². The maximum absolute atomic E-state index is 12.7. The van der Waals surface area contributed by atoms with Gasteiger partial charge in [0.25, 0.3) is 0 Å². The van der Waals surface area contributed by atoms with Gasteiger partial charge in [0.2, 0.25) is 0 Å². The monoisotopic (exact) mass is 435 g/mol. The van der Waals surface area contributed by atoms with Crippen molar-refractivity contribution in [2.24, 2.45) is 7.05 Å². The van der Waals surface area contributed by atoms with E-state index in [-0.39, 0.29) is 5.69 Å². The van der Waals surface area contributed by atoms with Crippen LogP contribution >= 0.6 is 11.6 Å². The summed E-state index contributed by atoms with van der Waals surface area (Å²) in [5.41, 5.74) is 2.43. The molecule has 1 aromatic carbocycles. The van der Waals surface area contributed by atoms with Gasteiger partial charge in [0.15, 0.2) is 0 Å². The van der Waals surface area contributed by atoms with E-state index >= 15 is 0 Å². The fourth-order valence-electron chi connectivity index (χ4n) is 4.19. The van der Waals surface area contributed by atoms with Crippen LogP contribution in [0, 0.1) is 0 Å². The van der Waals surface area contributed by atoms with Gasteiger partial charge in [0.1, 0.15) is 16.8 Å². The smallest absolute Gasteiger partial charge is 0.333 e. The summed E-state index contributed by atoms with van der Waals surface area (Å²) >= 11 is 5.79. The van der Waals surface area contributed by atoms with E-state index in [1.165, 1.54) is 0 Å². The van der Waals surface area contributed by atoms with Gasteiger partial charge in [0, 0.05) is 19.1 Å². The maximum Gasteiger partial charge on any atom is 0.333 e. The molecule has 5 rings (SSSR count). The van der Waals surface area contributed by atoms with Crippen molar-refractivity contribution in [2.75, 3.05) is 10.6 Å². The minimum Gasteiger partial charge on any atom is -0.367 e. The Morgan fingerprint density at radius 2 is 1.61 bits per heavy atom. The van der Waals surface area contributed by atoms with Gasteiger partial charge in [0.05, 0.1) is 35.3 Å². The van der Waals surface area contributed by atoms with Crippen LogP contribution in [0.25, 0.3) is 16.7 Å². The molecule has 0 bridgehead atoms. The Hall–Kier alpha value is -3.39. The number of benzene rings is 1. The number of hydrogen-bond acceptors (Lipinski definition) is 6. The number of anilines is 2. The second-order valence-electron chi connectivity index (χ2n) is 7.79. The fraction of sp³-hybridized carbons (Fsp3) is 0.273. The van der Waals surface area contributed by atoms with Gasteiger partial charge in [-0.3, -0.25) is 9.13 Å². The first-order valence-corrected chi connectivity index (χ1v) is 10.6. The third kappa shape index (κ3) is 3.86. The number of aryl methyl sites for hydroxylation is 1. The third-order valence-corrected chi connectivity index (χ3v) is 5.92. The zero-order valence-corrected chi connectivity index (χ0v) is 17.8. The van der Waals surface area contributed by atoms with Crippen molar-refractivity contribution in [3.8, 4) is 5.69 Å². The van der Waals surface area contributed by atoms with Crippen LogP contribution in [-0.4, -0.2) is 36.2 Å². The van der Waals surface area contributed by atoms with E-state index in [1.54, 1.807) is 34.8 Å². The molecule has 2 atom stereocenters. The van der Waals surface area contributed by atoms with Crippen LogP contribution in [0.5, 0.6) is 0 Å². The van der Waals surface area contributed by atoms with E-state index in [0.29, 0.717) is 17.2 Å². The molecule has 0 amide bonds. The lowest BCUT2D eigenvalue weighted by Crippen LogP contribution is -2.22. The summed E-state index contributed by atoms with van der Waals surface area (Å²) in [4.78, 5) is 25.6. The number of halogens is 1. The van der Waals surface area contributed by atoms with Crippen molar-refractivity contribution in [3.05, 3.63) is 70.6 Å². The molecular weight excluding hydrogens is 414 g/mol. The van der Waals surface area contributed by atoms with Crippen molar-refractivity contribution >= 4 is 34.3 Å². The summed E-state index contributed by atoms with van der Waals surface area (Å²) < 4.78 is 3.34. The third-order valence-electron chi connectivity index (χ3n) is 5.73. The molecule has 0 saturated heterocycles. The van der Waals surface area contributed by atoms with Crippen molar-refractivity contribution < 1.29 is 0 Å². The number of para-hydroxylation sites is 2. The first-order valence-electron chi connectivity index (χ1n) is 10.2. The Labute approximate surface area is 183 Å². The van der Waals surface area contributed by atoms with Crippen LogP contribution in [-0.2, 0) is 7.05 Å². The maximum atomic E-state index is 12.7. The molecule has 0 spiro atoms. The number of nitrogens with one attached hydrogen (secondary N) is 2. The zero-order valence-electron chi connectivity index (χ0n) is 17.0. The van der Waals surface area contributed by atoms with Crippen LogP contribution in [0.4, 0.5) is 11.6 Å². The summed E-state index contributed by atoms with van der Waals surface area (Å²) in [6.07, 6.45) is 7.96. The van der Waals surface area contributed by atoms with Gasteiger partial charge in [-0.05, 0) is 43.5 Å². The predicted octanol–water partition coefficient (Wildman–Crippen LogP) is 3.61. The summed E-state index contributed by atoms with van der Waals surface area (Å²) in [5, 5.41) is 7.29. The molecule has 4 aromatic rings.